The molecule has 2 heterocycles. The van der Waals surface area contributed by atoms with Gasteiger partial charge in [0.15, 0.2) is 5.13 Å². The van der Waals surface area contributed by atoms with Crippen molar-refractivity contribution in [1.82, 2.24) is 9.97 Å². The molecule has 0 atom stereocenters. The normalized spacial score (nSPS) is 10.5. The first kappa shape index (κ1) is 6.36. The molecule has 0 aliphatic carbocycles. The molecular formula is C6H6N4S. The number of hydrogen-bond donors (Lipinski definition) is 2. The van der Waals surface area contributed by atoms with E-state index in [0.29, 0.717) is 10.8 Å². The van der Waals surface area contributed by atoms with Crippen LogP contribution in [0, 0.1) is 0 Å². The van der Waals surface area contributed by atoms with Crippen LogP contribution in [0.15, 0.2) is 12.4 Å². The molecule has 56 valence electrons. The second kappa shape index (κ2) is 2.06. The van der Waals surface area contributed by atoms with Crippen LogP contribution in [0.25, 0.3) is 10.2 Å². The molecule has 0 fully saturated rings. The Bertz CT molecular complexity index is 394. The highest BCUT2D eigenvalue weighted by atomic mass is 32.1. The molecule has 11 heavy (non-hydrogen) atoms. The fraction of sp³-hybridized carbons (Fsp3) is 0. The van der Waals surface area contributed by atoms with E-state index in [1.54, 1.807) is 12.4 Å². The lowest BCUT2D eigenvalue weighted by molar-refractivity contribution is 1.36. The quantitative estimate of drug-likeness (QED) is 0.608. The van der Waals surface area contributed by atoms with Crippen LogP contribution < -0.4 is 11.5 Å². The topological polar surface area (TPSA) is 77.8 Å². The molecule has 0 bridgehead atoms. The Morgan fingerprint density at radius 3 is 2.82 bits per heavy atom. The van der Waals surface area contributed by atoms with Crippen LogP contribution in [-0.2, 0) is 0 Å². The fourth-order valence-corrected chi connectivity index (χ4v) is 1.63. The Balaban J connectivity index is 2.90. The third-order valence-corrected chi connectivity index (χ3v) is 2.17. The van der Waals surface area contributed by atoms with Gasteiger partial charge in [-0.05, 0) is 0 Å². The summed E-state index contributed by atoms with van der Waals surface area (Å²) in [6, 6.07) is 0. The average Bonchev–Trinajstić information content (AvgIpc) is 2.31. The second-order valence-corrected chi connectivity index (χ2v) is 3.19. The number of pyridine rings is 1. The lowest BCUT2D eigenvalue weighted by Gasteiger charge is -1.89. The summed E-state index contributed by atoms with van der Waals surface area (Å²) in [5.41, 5.74) is 12.4. The zero-order valence-corrected chi connectivity index (χ0v) is 6.43. The number of hydrogen-bond acceptors (Lipinski definition) is 5. The summed E-state index contributed by atoms with van der Waals surface area (Å²) in [6.07, 6.45) is 3.28. The van der Waals surface area contributed by atoms with Crippen LogP contribution in [0.4, 0.5) is 10.8 Å². The smallest absolute Gasteiger partial charge is 0.181 e. The molecule has 0 aliphatic rings. The summed E-state index contributed by atoms with van der Waals surface area (Å²) in [4.78, 5) is 7.96. The van der Waals surface area contributed by atoms with Crippen molar-refractivity contribution in [2.75, 3.05) is 11.5 Å². The van der Waals surface area contributed by atoms with Gasteiger partial charge in [0, 0.05) is 6.20 Å². The van der Waals surface area contributed by atoms with Crippen molar-refractivity contribution < 1.29 is 0 Å². The van der Waals surface area contributed by atoms with Crippen LogP contribution in [0.1, 0.15) is 0 Å². The van der Waals surface area contributed by atoms with Crippen molar-refractivity contribution in [2.24, 2.45) is 0 Å². The van der Waals surface area contributed by atoms with Gasteiger partial charge in [-0.3, -0.25) is 4.98 Å². The molecule has 0 unspecified atom stereocenters. The van der Waals surface area contributed by atoms with Gasteiger partial charge in [0.25, 0.3) is 0 Å². The summed E-state index contributed by atoms with van der Waals surface area (Å²) in [5.74, 6) is 0. The summed E-state index contributed by atoms with van der Waals surface area (Å²) in [5, 5.41) is 0.528. The molecule has 0 saturated heterocycles. The summed E-state index contributed by atoms with van der Waals surface area (Å²) < 4.78 is 0.933. The number of nitrogens with zero attached hydrogens (tertiary/aromatic N) is 2. The number of aromatic nitrogens is 2. The first-order chi connectivity index (χ1) is 5.27. The highest BCUT2D eigenvalue weighted by Crippen LogP contribution is 2.25. The zero-order valence-electron chi connectivity index (χ0n) is 5.61. The number of rotatable bonds is 0. The molecule has 0 aromatic carbocycles. The van der Waals surface area contributed by atoms with E-state index in [1.807, 2.05) is 0 Å². The Hall–Kier alpha value is -1.36. The highest BCUT2D eigenvalue weighted by Gasteiger charge is 2.02. The maximum atomic E-state index is 5.60. The molecule has 4 N–H and O–H groups in total. The van der Waals surface area contributed by atoms with Crippen molar-refractivity contribution in [1.29, 1.82) is 0 Å². The van der Waals surface area contributed by atoms with Crippen molar-refractivity contribution in [3.63, 3.8) is 0 Å². The van der Waals surface area contributed by atoms with Crippen molar-refractivity contribution in [2.45, 2.75) is 0 Å². The molecule has 2 aromatic heterocycles. The largest absolute Gasteiger partial charge is 0.396 e. The van der Waals surface area contributed by atoms with E-state index in [-0.39, 0.29) is 0 Å². The van der Waals surface area contributed by atoms with Crippen LogP contribution in [-0.4, -0.2) is 9.97 Å². The zero-order chi connectivity index (χ0) is 7.84. The second-order valence-electron chi connectivity index (χ2n) is 2.13. The van der Waals surface area contributed by atoms with Gasteiger partial charge in [0.05, 0.1) is 16.6 Å². The first-order valence-corrected chi connectivity index (χ1v) is 3.84. The molecule has 2 rings (SSSR count). The van der Waals surface area contributed by atoms with Crippen molar-refractivity contribution >= 4 is 32.4 Å². The summed E-state index contributed by atoms with van der Waals surface area (Å²) >= 11 is 1.39. The fourth-order valence-electron chi connectivity index (χ4n) is 0.890. The Labute approximate surface area is 66.9 Å². The van der Waals surface area contributed by atoms with Gasteiger partial charge in [-0.2, -0.15) is 0 Å². The van der Waals surface area contributed by atoms with E-state index in [2.05, 4.69) is 9.97 Å². The van der Waals surface area contributed by atoms with E-state index < -0.39 is 0 Å². The van der Waals surface area contributed by atoms with Crippen LogP contribution >= 0.6 is 11.3 Å². The molecule has 0 amide bonds. The van der Waals surface area contributed by atoms with E-state index in [0.717, 1.165) is 10.2 Å². The molecule has 2 aromatic rings. The Morgan fingerprint density at radius 2 is 2.09 bits per heavy atom. The van der Waals surface area contributed by atoms with E-state index in [4.69, 9.17) is 11.5 Å². The SMILES string of the molecule is Nc1nc2c(N)cncc2s1. The predicted molar refractivity (Wildman–Crippen MR) is 46.2 cm³/mol. The molecule has 5 heteroatoms. The lowest BCUT2D eigenvalue weighted by atomic mass is 10.4. The van der Waals surface area contributed by atoms with Gasteiger partial charge < -0.3 is 11.5 Å². The molecule has 4 nitrogen and oxygen atoms in total. The Kier molecular flexibility index (Phi) is 1.19. The van der Waals surface area contributed by atoms with Gasteiger partial charge in [0.1, 0.15) is 5.52 Å². The number of fused-ring (bicyclic) bond motifs is 1. The van der Waals surface area contributed by atoms with Gasteiger partial charge in [-0.25, -0.2) is 4.98 Å². The molecule has 0 aliphatic heterocycles. The maximum Gasteiger partial charge on any atom is 0.181 e. The molecular weight excluding hydrogens is 160 g/mol. The third-order valence-electron chi connectivity index (χ3n) is 1.35. The minimum atomic E-state index is 0.528. The van der Waals surface area contributed by atoms with Gasteiger partial charge in [-0.1, -0.05) is 11.3 Å². The Morgan fingerprint density at radius 1 is 1.27 bits per heavy atom. The van der Waals surface area contributed by atoms with Crippen LogP contribution in [0.2, 0.25) is 0 Å². The average molecular weight is 166 g/mol. The first-order valence-electron chi connectivity index (χ1n) is 3.03. The van der Waals surface area contributed by atoms with E-state index >= 15 is 0 Å². The molecule has 0 saturated carbocycles. The van der Waals surface area contributed by atoms with E-state index in [9.17, 15) is 0 Å². The highest BCUT2D eigenvalue weighted by molar-refractivity contribution is 7.22. The van der Waals surface area contributed by atoms with Gasteiger partial charge in [-0.15, -0.1) is 0 Å². The number of thiazole rings is 1. The van der Waals surface area contributed by atoms with Gasteiger partial charge in [0.2, 0.25) is 0 Å². The van der Waals surface area contributed by atoms with Gasteiger partial charge >= 0.3 is 0 Å². The summed E-state index contributed by atoms with van der Waals surface area (Å²) in [7, 11) is 0. The maximum absolute atomic E-state index is 5.60. The summed E-state index contributed by atoms with van der Waals surface area (Å²) in [6.45, 7) is 0. The third kappa shape index (κ3) is 0.894. The van der Waals surface area contributed by atoms with Crippen molar-refractivity contribution in [3.05, 3.63) is 12.4 Å². The monoisotopic (exact) mass is 166 g/mol. The van der Waals surface area contributed by atoms with E-state index in [1.165, 1.54) is 11.3 Å². The number of nitrogen functional groups attached to an aromatic ring is 2. The lowest BCUT2D eigenvalue weighted by Crippen LogP contribution is -1.87. The minimum Gasteiger partial charge on any atom is -0.396 e. The van der Waals surface area contributed by atoms with Crippen LogP contribution in [0.3, 0.4) is 0 Å². The number of nitrogens with two attached hydrogens (primary N) is 2. The molecule has 0 spiro atoms. The number of anilines is 2. The van der Waals surface area contributed by atoms with Crippen molar-refractivity contribution in [3.8, 4) is 0 Å². The van der Waals surface area contributed by atoms with Crippen LogP contribution in [0.5, 0.6) is 0 Å². The standard InChI is InChI=1S/C6H6N4S/c7-3-1-9-2-4-5(3)10-6(8)11-4/h1-2H,7H2,(H2,8,10). The minimum absolute atomic E-state index is 0.528. The predicted octanol–water partition coefficient (Wildman–Crippen LogP) is 0.856. The molecule has 0 radical (unpaired) electrons.